The molecule has 0 aromatic carbocycles. The van der Waals surface area contributed by atoms with Crippen molar-refractivity contribution in [3.63, 3.8) is 0 Å². The van der Waals surface area contributed by atoms with Crippen LogP contribution in [-0.2, 0) is 0 Å². The van der Waals surface area contributed by atoms with Gasteiger partial charge in [0.05, 0.1) is 5.92 Å². The Bertz CT molecular complexity index is 124. The number of alkyl halides is 3. The van der Waals surface area contributed by atoms with Crippen molar-refractivity contribution >= 4 is 0 Å². The first-order valence-corrected chi connectivity index (χ1v) is 3.57. The lowest BCUT2D eigenvalue weighted by Crippen LogP contribution is -2.26. The Kier molecular flexibility index (Phi) is 3.63. The second-order valence-electron chi connectivity index (χ2n) is 2.92. The van der Waals surface area contributed by atoms with Crippen LogP contribution < -0.4 is 0 Å². The summed E-state index contributed by atoms with van der Waals surface area (Å²) in [5.41, 5.74) is 0. The van der Waals surface area contributed by atoms with Crippen molar-refractivity contribution in [1.82, 2.24) is 0 Å². The van der Waals surface area contributed by atoms with Crippen LogP contribution in [0, 0.1) is 11.8 Å². The average Bonchev–Trinajstić information content (AvgIpc) is 1.79. The van der Waals surface area contributed by atoms with E-state index < -0.39 is 12.1 Å². The van der Waals surface area contributed by atoms with Gasteiger partial charge in [-0.05, 0) is 12.3 Å². The van der Waals surface area contributed by atoms with Crippen LogP contribution in [0.4, 0.5) is 13.2 Å². The van der Waals surface area contributed by atoms with Crippen LogP contribution in [0.2, 0.25) is 0 Å². The van der Waals surface area contributed by atoms with Gasteiger partial charge in [0.25, 0.3) is 0 Å². The van der Waals surface area contributed by atoms with Crippen LogP contribution in [0.5, 0.6) is 0 Å². The zero-order chi connectivity index (χ0) is 9.07. The Labute approximate surface area is 65.1 Å². The van der Waals surface area contributed by atoms with Crippen molar-refractivity contribution in [1.29, 1.82) is 0 Å². The Morgan fingerprint density at radius 1 is 1.36 bits per heavy atom. The maximum atomic E-state index is 12.1. The van der Waals surface area contributed by atoms with Gasteiger partial charge < -0.3 is 0 Å². The highest BCUT2D eigenvalue weighted by Gasteiger charge is 2.40. The minimum Gasteiger partial charge on any atom is -0.171 e. The molecule has 0 unspecified atom stereocenters. The lowest BCUT2D eigenvalue weighted by Gasteiger charge is -2.21. The minimum atomic E-state index is -4.08. The predicted molar refractivity (Wildman–Crippen MR) is 39.2 cm³/mol. The fraction of sp³-hybridized carbons (Fsp3) is 0.750. The topological polar surface area (TPSA) is 0 Å². The van der Waals surface area contributed by atoms with E-state index in [4.69, 9.17) is 0 Å². The van der Waals surface area contributed by atoms with Crippen molar-refractivity contribution in [2.45, 2.75) is 26.4 Å². The van der Waals surface area contributed by atoms with Crippen LogP contribution >= 0.6 is 0 Å². The molecule has 0 saturated carbocycles. The predicted octanol–water partition coefficient (Wildman–Crippen LogP) is 3.40. The first-order valence-electron chi connectivity index (χ1n) is 3.57. The Balaban J connectivity index is 4.21. The third-order valence-electron chi connectivity index (χ3n) is 1.65. The highest BCUT2D eigenvalue weighted by Crippen LogP contribution is 2.34. The average molecular weight is 166 g/mol. The van der Waals surface area contributed by atoms with Crippen LogP contribution in [0.3, 0.4) is 0 Å². The van der Waals surface area contributed by atoms with Gasteiger partial charge in [-0.1, -0.05) is 19.9 Å². The molecule has 0 aliphatic rings. The van der Waals surface area contributed by atoms with Crippen LogP contribution in [0.15, 0.2) is 12.7 Å². The molecule has 0 bridgehead atoms. The third kappa shape index (κ3) is 3.44. The van der Waals surface area contributed by atoms with Gasteiger partial charge in [-0.3, -0.25) is 0 Å². The fourth-order valence-electron chi connectivity index (χ4n) is 0.963. The Morgan fingerprint density at radius 2 is 1.82 bits per heavy atom. The second-order valence-corrected chi connectivity index (χ2v) is 2.92. The molecule has 0 aliphatic heterocycles. The van der Waals surface area contributed by atoms with E-state index in [0.717, 1.165) is 0 Å². The van der Waals surface area contributed by atoms with Gasteiger partial charge in [0.15, 0.2) is 0 Å². The van der Waals surface area contributed by atoms with E-state index in [1.165, 1.54) is 6.08 Å². The van der Waals surface area contributed by atoms with Gasteiger partial charge in [-0.2, -0.15) is 13.2 Å². The monoisotopic (exact) mass is 166 g/mol. The van der Waals surface area contributed by atoms with Gasteiger partial charge >= 0.3 is 6.18 Å². The molecular formula is C8H13F3. The maximum Gasteiger partial charge on any atom is 0.392 e. The smallest absolute Gasteiger partial charge is 0.171 e. The number of allylic oxidation sites excluding steroid dienone is 1. The normalized spacial score (nSPS) is 15.1. The summed E-state index contributed by atoms with van der Waals surface area (Å²) in [6.45, 7) is 6.44. The molecule has 0 radical (unpaired) electrons. The van der Waals surface area contributed by atoms with Crippen molar-refractivity contribution < 1.29 is 13.2 Å². The van der Waals surface area contributed by atoms with Gasteiger partial charge in [-0.15, -0.1) is 6.58 Å². The van der Waals surface area contributed by atoms with Crippen molar-refractivity contribution in [3.8, 4) is 0 Å². The standard InChI is InChI=1S/C8H13F3/c1-4-5-7(6(2)3)8(9,10)11/h4,6-7H,1,5H2,2-3H3/t7-/m0/s1. The van der Waals surface area contributed by atoms with Gasteiger partial charge in [0.1, 0.15) is 0 Å². The lowest BCUT2D eigenvalue weighted by molar-refractivity contribution is -0.184. The summed E-state index contributed by atoms with van der Waals surface area (Å²) in [4.78, 5) is 0. The van der Waals surface area contributed by atoms with E-state index in [-0.39, 0.29) is 12.3 Å². The molecule has 0 spiro atoms. The molecule has 0 amide bonds. The lowest BCUT2D eigenvalue weighted by atomic mass is 9.92. The zero-order valence-corrected chi connectivity index (χ0v) is 6.78. The molecular weight excluding hydrogens is 153 g/mol. The van der Waals surface area contributed by atoms with E-state index in [0.29, 0.717) is 0 Å². The van der Waals surface area contributed by atoms with E-state index >= 15 is 0 Å². The first-order chi connectivity index (χ1) is 4.89. The van der Waals surface area contributed by atoms with Crippen LogP contribution in [0.25, 0.3) is 0 Å². The van der Waals surface area contributed by atoms with Crippen LogP contribution in [-0.4, -0.2) is 6.18 Å². The summed E-state index contributed by atoms with van der Waals surface area (Å²) < 4.78 is 36.3. The summed E-state index contributed by atoms with van der Waals surface area (Å²) in [5.74, 6) is -1.60. The molecule has 66 valence electrons. The van der Waals surface area contributed by atoms with Crippen LogP contribution in [0.1, 0.15) is 20.3 Å². The molecule has 0 aromatic rings. The number of hydrogen-bond donors (Lipinski definition) is 0. The minimum absolute atomic E-state index is 0.0150. The van der Waals surface area contributed by atoms with Crippen molar-refractivity contribution in [3.05, 3.63) is 12.7 Å². The molecule has 0 N–H and O–H groups in total. The Hall–Kier alpha value is -0.470. The molecule has 0 heterocycles. The molecule has 0 aromatic heterocycles. The molecule has 11 heavy (non-hydrogen) atoms. The molecule has 0 aliphatic carbocycles. The maximum absolute atomic E-state index is 12.1. The summed E-state index contributed by atoms with van der Waals surface area (Å²) in [6.07, 6.45) is -2.75. The molecule has 0 rings (SSSR count). The highest BCUT2D eigenvalue weighted by atomic mass is 19.4. The SMILES string of the molecule is C=CC[C@@H](C(C)C)C(F)(F)F. The molecule has 3 heteroatoms. The van der Waals surface area contributed by atoms with E-state index in [9.17, 15) is 13.2 Å². The zero-order valence-electron chi connectivity index (χ0n) is 6.78. The number of halogens is 3. The summed E-state index contributed by atoms with van der Waals surface area (Å²) >= 11 is 0. The number of rotatable bonds is 3. The van der Waals surface area contributed by atoms with E-state index in [2.05, 4.69) is 6.58 Å². The summed E-state index contributed by atoms with van der Waals surface area (Å²) in [5, 5.41) is 0. The van der Waals surface area contributed by atoms with E-state index in [1.807, 2.05) is 0 Å². The van der Waals surface area contributed by atoms with Gasteiger partial charge in [0.2, 0.25) is 0 Å². The molecule has 0 saturated heterocycles. The molecule has 0 fully saturated rings. The summed E-state index contributed by atoms with van der Waals surface area (Å²) in [6, 6.07) is 0. The summed E-state index contributed by atoms with van der Waals surface area (Å²) in [7, 11) is 0. The van der Waals surface area contributed by atoms with Gasteiger partial charge in [-0.25, -0.2) is 0 Å². The second kappa shape index (κ2) is 3.79. The number of hydrogen-bond acceptors (Lipinski definition) is 0. The van der Waals surface area contributed by atoms with Gasteiger partial charge in [0, 0.05) is 0 Å². The molecule has 0 nitrogen and oxygen atoms in total. The largest absolute Gasteiger partial charge is 0.392 e. The van der Waals surface area contributed by atoms with E-state index in [1.54, 1.807) is 13.8 Å². The fourth-order valence-corrected chi connectivity index (χ4v) is 0.963. The highest BCUT2D eigenvalue weighted by molar-refractivity contribution is 4.79. The third-order valence-corrected chi connectivity index (χ3v) is 1.65. The first kappa shape index (κ1) is 10.5. The Morgan fingerprint density at radius 3 is 1.91 bits per heavy atom. The quantitative estimate of drug-likeness (QED) is 0.564. The molecule has 1 atom stereocenters. The van der Waals surface area contributed by atoms with Crippen molar-refractivity contribution in [2.24, 2.45) is 11.8 Å². The van der Waals surface area contributed by atoms with Crippen molar-refractivity contribution in [2.75, 3.05) is 0 Å².